The van der Waals surface area contributed by atoms with Crippen LogP contribution in [0.25, 0.3) is 10.9 Å². The number of sulfonamides is 1. The summed E-state index contributed by atoms with van der Waals surface area (Å²) in [7, 11) is -3.66. The highest BCUT2D eigenvalue weighted by Crippen LogP contribution is 2.22. The molecular weight excluding hydrogens is 350 g/mol. The van der Waals surface area contributed by atoms with Gasteiger partial charge in [-0.15, -0.1) is 0 Å². The third kappa shape index (κ3) is 3.47. The van der Waals surface area contributed by atoms with Gasteiger partial charge in [-0.25, -0.2) is 8.42 Å². The molecule has 2 heterocycles. The van der Waals surface area contributed by atoms with Gasteiger partial charge in [0.1, 0.15) is 0 Å². The second kappa shape index (κ2) is 6.89. The van der Waals surface area contributed by atoms with Crippen molar-refractivity contribution in [3.8, 4) is 0 Å². The predicted octanol–water partition coefficient (Wildman–Crippen LogP) is 1.84. The lowest BCUT2D eigenvalue weighted by Gasteiger charge is -2.29. The van der Waals surface area contributed by atoms with Gasteiger partial charge in [-0.2, -0.15) is 10.2 Å². The summed E-state index contributed by atoms with van der Waals surface area (Å²) in [6, 6.07) is 14.0. The van der Waals surface area contributed by atoms with E-state index < -0.39 is 10.0 Å². The molecule has 0 saturated carbocycles. The number of nitrogens with one attached hydrogen (secondary N) is 2. The van der Waals surface area contributed by atoms with Crippen LogP contribution in [-0.4, -0.2) is 44.8 Å². The van der Waals surface area contributed by atoms with Gasteiger partial charge in [0, 0.05) is 37.3 Å². The average Bonchev–Trinajstić information content (AvgIpc) is 2.68. The molecule has 0 radical (unpaired) electrons. The minimum Gasteiger partial charge on any atom is -0.369 e. The standard InChI is InChI=1S/C18H19N5O2S/c24-26(25,22-15-2-1-14-7-8-20-21-18(14)13-15)17-5-3-16(4-6-17)23-11-9-19-10-12-23/h1-8,13,19,22H,9-12H2. The number of nitrogens with zero attached hydrogens (tertiary/aromatic N) is 3. The van der Waals surface area contributed by atoms with E-state index in [2.05, 4.69) is 25.1 Å². The van der Waals surface area contributed by atoms with Crippen LogP contribution >= 0.6 is 0 Å². The van der Waals surface area contributed by atoms with Gasteiger partial charge < -0.3 is 10.2 Å². The molecule has 8 heteroatoms. The summed E-state index contributed by atoms with van der Waals surface area (Å²) in [4.78, 5) is 2.47. The van der Waals surface area contributed by atoms with Crippen molar-refractivity contribution >= 4 is 32.3 Å². The lowest BCUT2D eigenvalue weighted by Crippen LogP contribution is -2.43. The topological polar surface area (TPSA) is 87.2 Å². The largest absolute Gasteiger partial charge is 0.369 e. The van der Waals surface area contributed by atoms with Crippen molar-refractivity contribution in [2.24, 2.45) is 0 Å². The van der Waals surface area contributed by atoms with Crippen molar-refractivity contribution in [3.63, 3.8) is 0 Å². The maximum absolute atomic E-state index is 12.7. The molecule has 4 rings (SSSR count). The molecule has 0 unspecified atom stereocenters. The van der Waals surface area contributed by atoms with E-state index in [1.807, 2.05) is 24.3 Å². The summed E-state index contributed by atoms with van der Waals surface area (Å²) in [5.74, 6) is 0. The van der Waals surface area contributed by atoms with Gasteiger partial charge in [0.15, 0.2) is 0 Å². The zero-order valence-electron chi connectivity index (χ0n) is 14.1. The first-order valence-electron chi connectivity index (χ1n) is 8.42. The Balaban J connectivity index is 1.55. The number of piperazine rings is 1. The first-order valence-corrected chi connectivity index (χ1v) is 9.90. The predicted molar refractivity (Wildman–Crippen MR) is 102 cm³/mol. The Morgan fingerprint density at radius 2 is 1.77 bits per heavy atom. The van der Waals surface area contributed by atoms with Crippen molar-refractivity contribution in [2.75, 3.05) is 35.8 Å². The molecule has 1 saturated heterocycles. The van der Waals surface area contributed by atoms with Crippen LogP contribution in [0.1, 0.15) is 0 Å². The minimum absolute atomic E-state index is 0.232. The molecule has 1 aliphatic heterocycles. The second-order valence-electron chi connectivity index (χ2n) is 6.14. The van der Waals surface area contributed by atoms with Crippen LogP contribution in [-0.2, 0) is 10.0 Å². The van der Waals surface area contributed by atoms with E-state index in [0.717, 1.165) is 37.3 Å². The number of benzene rings is 2. The molecule has 26 heavy (non-hydrogen) atoms. The number of anilines is 2. The Morgan fingerprint density at radius 3 is 2.54 bits per heavy atom. The summed E-state index contributed by atoms with van der Waals surface area (Å²) in [6.45, 7) is 3.71. The Labute approximate surface area is 152 Å². The first kappa shape index (κ1) is 16.7. The maximum Gasteiger partial charge on any atom is 0.261 e. The van der Waals surface area contributed by atoms with Crippen molar-refractivity contribution < 1.29 is 8.42 Å². The number of hydrogen-bond acceptors (Lipinski definition) is 6. The molecule has 3 aromatic rings. The molecule has 0 bridgehead atoms. The van der Waals surface area contributed by atoms with Gasteiger partial charge in [0.2, 0.25) is 0 Å². The Hall–Kier alpha value is -2.71. The number of rotatable bonds is 4. The third-order valence-electron chi connectivity index (χ3n) is 4.40. The summed E-state index contributed by atoms with van der Waals surface area (Å²) >= 11 is 0. The molecular formula is C18H19N5O2S. The van der Waals surface area contributed by atoms with Crippen LogP contribution in [0.15, 0.2) is 59.6 Å². The molecule has 1 fully saturated rings. The van der Waals surface area contributed by atoms with Gasteiger partial charge in [-0.1, -0.05) is 6.07 Å². The third-order valence-corrected chi connectivity index (χ3v) is 5.80. The zero-order chi connectivity index (χ0) is 18.0. The van der Waals surface area contributed by atoms with Crippen LogP contribution < -0.4 is 14.9 Å². The van der Waals surface area contributed by atoms with Crippen LogP contribution in [0.3, 0.4) is 0 Å². The monoisotopic (exact) mass is 369 g/mol. The number of hydrogen-bond donors (Lipinski definition) is 2. The fourth-order valence-corrected chi connectivity index (χ4v) is 4.07. The van der Waals surface area contributed by atoms with Crippen molar-refractivity contribution in [2.45, 2.75) is 4.90 Å². The first-order chi connectivity index (χ1) is 12.6. The fourth-order valence-electron chi connectivity index (χ4n) is 3.02. The SMILES string of the molecule is O=S(=O)(Nc1ccc2ccnnc2c1)c1ccc(N2CCNCC2)cc1. The van der Waals surface area contributed by atoms with E-state index >= 15 is 0 Å². The average molecular weight is 369 g/mol. The van der Waals surface area contributed by atoms with E-state index in [4.69, 9.17) is 0 Å². The summed E-state index contributed by atoms with van der Waals surface area (Å²) in [6.07, 6.45) is 1.60. The maximum atomic E-state index is 12.7. The molecule has 2 aromatic carbocycles. The molecule has 1 aromatic heterocycles. The van der Waals surface area contributed by atoms with Crippen LogP contribution in [0.4, 0.5) is 11.4 Å². The zero-order valence-corrected chi connectivity index (χ0v) is 14.9. The fraction of sp³-hybridized carbons (Fsp3) is 0.222. The Bertz CT molecular complexity index is 1020. The molecule has 0 atom stereocenters. The van der Waals surface area contributed by atoms with Crippen LogP contribution in [0, 0.1) is 0 Å². The van der Waals surface area contributed by atoms with Gasteiger partial charge >= 0.3 is 0 Å². The smallest absolute Gasteiger partial charge is 0.261 e. The number of aromatic nitrogens is 2. The van der Waals surface area contributed by atoms with E-state index in [0.29, 0.717) is 11.2 Å². The van der Waals surface area contributed by atoms with Crippen molar-refractivity contribution in [1.82, 2.24) is 15.5 Å². The normalized spacial score (nSPS) is 15.2. The molecule has 2 N–H and O–H groups in total. The van der Waals surface area contributed by atoms with Gasteiger partial charge in [0.25, 0.3) is 10.0 Å². The molecule has 0 amide bonds. The highest BCUT2D eigenvalue weighted by molar-refractivity contribution is 7.92. The van der Waals surface area contributed by atoms with E-state index in [1.165, 1.54) is 0 Å². The highest BCUT2D eigenvalue weighted by atomic mass is 32.2. The van der Waals surface area contributed by atoms with Gasteiger partial charge in [-0.05, 0) is 42.5 Å². The lowest BCUT2D eigenvalue weighted by atomic mass is 10.2. The van der Waals surface area contributed by atoms with E-state index in [1.54, 1.807) is 30.5 Å². The second-order valence-corrected chi connectivity index (χ2v) is 7.82. The number of fused-ring (bicyclic) bond motifs is 1. The molecule has 7 nitrogen and oxygen atoms in total. The Kier molecular flexibility index (Phi) is 4.44. The molecule has 0 spiro atoms. The quantitative estimate of drug-likeness (QED) is 0.730. The lowest BCUT2D eigenvalue weighted by molar-refractivity contribution is 0.589. The van der Waals surface area contributed by atoms with E-state index in [-0.39, 0.29) is 4.90 Å². The van der Waals surface area contributed by atoms with Crippen LogP contribution in [0.2, 0.25) is 0 Å². The molecule has 134 valence electrons. The van der Waals surface area contributed by atoms with E-state index in [9.17, 15) is 8.42 Å². The Morgan fingerprint density at radius 1 is 1.00 bits per heavy atom. The minimum atomic E-state index is -3.66. The van der Waals surface area contributed by atoms with Crippen molar-refractivity contribution in [1.29, 1.82) is 0 Å². The van der Waals surface area contributed by atoms with Crippen molar-refractivity contribution in [3.05, 3.63) is 54.7 Å². The van der Waals surface area contributed by atoms with Gasteiger partial charge in [0.05, 0.1) is 22.3 Å². The summed E-state index contributed by atoms with van der Waals surface area (Å²) in [5, 5.41) is 12.0. The van der Waals surface area contributed by atoms with Crippen LogP contribution in [0.5, 0.6) is 0 Å². The molecule has 0 aliphatic carbocycles. The highest BCUT2D eigenvalue weighted by Gasteiger charge is 2.16. The molecule has 1 aliphatic rings. The summed E-state index contributed by atoms with van der Waals surface area (Å²) in [5.41, 5.74) is 2.14. The summed E-state index contributed by atoms with van der Waals surface area (Å²) < 4.78 is 27.9. The van der Waals surface area contributed by atoms with Gasteiger partial charge in [-0.3, -0.25) is 4.72 Å².